The molecule has 6 nitrogen and oxygen atoms in total. The number of rotatable bonds is 44. The highest BCUT2D eigenvalue weighted by molar-refractivity contribution is 5.76. The summed E-state index contributed by atoms with van der Waals surface area (Å²) in [4.78, 5) is 24.4. The van der Waals surface area contributed by atoms with Crippen molar-refractivity contribution in [3.05, 3.63) is 24.3 Å². The van der Waals surface area contributed by atoms with Gasteiger partial charge in [-0.05, 0) is 77.0 Å². The highest BCUT2D eigenvalue weighted by Crippen LogP contribution is 2.16. The number of hydrogen-bond donors (Lipinski definition) is 3. The van der Waals surface area contributed by atoms with Crippen LogP contribution in [-0.2, 0) is 14.3 Å². The van der Waals surface area contributed by atoms with Gasteiger partial charge in [-0.15, -0.1) is 0 Å². The fraction of sp³-hybridized carbons (Fsp3) is 0.878. The molecular formula is C49H93NO5. The molecular weight excluding hydrogens is 683 g/mol. The molecule has 324 valence electrons. The minimum absolute atomic E-state index is 0.0416. The Balaban J connectivity index is 3.54. The van der Waals surface area contributed by atoms with Crippen molar-refractivity contribution in [2.75, 3.05) is 13.2 Å². The van der Waals surface area contributed by atoms with Crippen molar-refractivity contribution in [1.82, 2.24) is 5.32 Å². The van der Waals surface area contributed by atoms with Crippen LogP contribution in [0.2, 0.25) is 0 Å². The third kappa shape index (κ3) is 41.8. The van der Waals surface area contributed by atoms with E-state index in [9.17, 15) is 19.8 Å². The quantitative estimate of drug-likeness (QED) is 0.0325. The molecule has 0 aromatic carbocycles. The first-order valence-electron chi connectivity index (χ1n) is 24.1. The molecule has 0 saturated heterocycles. The number of esters is 1. The molecule has 0 aromatic heterocycles. The Kier molecular flexibility index (Phi) is 43.7. The number of hydrogen-bond acceptors (Lipinski definition) is 5. The second kappa shape index (κ2) is 45.0. The molecule has 6 heteroatoms. The van der Waals surface area contributed by atoms with Gasteiger partial charge in [-0.3, -0.25) is 9.59 Å². The lowest BCUT2D eigenvalue weighted by Crippen LogP contribution is -2.45. The first kappa shape index (κ1) is 53.3. The molecule has 1 amide bonds. The molecule has 0 aromatic rings. The van der Waals surface area contributed by atoms with Gasteiger partial charge in [0.25, 0.3) is 0 Å². The maximum atomic E-state index is 12.4. The van der Waals surface area contributed by atoms with E-state index in [2.05, 4.69) is 43.5 Å². The van der Waals surface area contributed by atoms with E-state index < -0.39 is 12.1 Å². The lowest BCUT2D eigenvalue weighted by molar-refractivity contribution is -0.143. The number of aliphatic hydroxyl groups excluding tert-OH is 2. The summed E-state index contributed by atoms with van der Waals surface area (Å²) in [6.07, 6.45) is 51.4. The average Bonchev–Trinajstić information content (AvgIpc) is 3.18. The van der Waals surface area contributed by atoms with Crippen molar-refractivity contribution in [1.29, 1.82) is 0 Å². The van der Waals surface area contributed by atoms with Crippen LogP contribution in [-0.4, -0.2) is 47.4 Å². The highest BCUT2D eigenvalue weighted by Gasteiger charge is 2.20. The number of carbonyl (C=O) groups is 2. The summed E-state index contributed by atoms with van der Waals surface area (Å²) in [7, 11) is 0. The summed E-state index contributed by atoms with van der Waals surface area (Å²) in [6.45, 7) is 4.84. The summed E-state index contributed by atoms with van der Waals surface area (Å²) >= 11 is 0. The SMILES string of the molecule is CCCCC/C=C\CCCCCCCC(=O)OCCCC/C=C\CCCCCCCC(=O)NC(CO)C(O)CCCCCCCCCCCCCCCCC. The molecule has 0 fully saturated rings. The summed E-state index contributed by atoms with van der Waals surface area (Å²) in [5.41, 5.74) is 0. The number of carbonyl (C=O) groups excluding carboxylic acids is 2. The summed E-state index contributed by atoms with van der Waals surface area (Å²) in [5.74, 6) is -0.106. The predicted molar refractivity (Wildman–Crippen MR) is 236 cm³/mol. The first-order chi connectivity index (χ1) is 27.0. The Bertz CT molecular complexity index is 858. The normalized spacial score (nSPS) is 12.9. The van der Waals surface area contributed by atoms with Gasteiger partial charge >= 0.3 is 5.97 Å². The van der Waals surface area contributed by atoms with E-state index in [0.717, 1.165) is 83.5 Å². The Labute approximate surface area is 341 Å². The molecule has 0 aliphatic carbocycles. The predicted octanol–water partition coefficient (Wildman–Crippen LogP) is 14.0. The number of ether oxygens (including phenoxy) is 1. The van der Waals surface area contributed by atoms with Crippen molar-refractivity contribution < 1.29 is 24.5 Å². The number of aliphatic hydroxyl groups is 2. The second-order valence-electron chi connectivity index (χ2n) is 16.4. The fourth-order valence-electron chi connectivity index (χ4n) is 7.21. The molecule has 2 atom stereocenters. The van der Waals surface area contributed by atoms with Crippen LogP contribution in [0.3, 0.4) is 0 Å². The molecule has 55 heavy (non-hydrogen) atoms. The number of amides is 1. The van der Waals surface area contributed by atoms with E-state index in [1.165, 1.54) is 135 Å². The first-order valence-corrected chi connectivity index (χ1v) is 24.1. The van der Waals surface area contributed by atoms with Crippen LogP contribution in [0.4, 0.5) is 0 Å². The van der Waals surface area contributed by atoms with Crippen LogP contribution in [0.5, 0.6) is 0 Å². The third-order valence-electron chi connectivity index (χ3n) is 11.0. The van der Waals surface area contributed by atoms with Gasteiger partial charge in [-0.2, -0.15) is 0 Å². The van der Waals surface area contributed by atoms with E-state index in [1.807, 2.05) is 0 Å². The number of nitrogens with one attached hydrogen (secondary N) is 1. The van der Waals surface area contributed by atoms with Crippen LogP contribution in [0.15, 0.2) is 24.3 Å². The van der Waals surface area contributed by atoms with Gasteiger partial charge < -0.3 is 20.3 Å². The van der Waals surface area contributed by atoms with Gasteiger partial charge in [0.2, 0.25) is 5.91 Å². The van der Waals surface area contributed by atoms with E-state index >= 15 is 0 Å². The van der Waals surface area contributed by atoms with Crippen LogP contribution in [0.25, 0.3) is 0 Å². The van der Waals surface area contributed by atoms with E-state index in [4.69, 9.17) is 4.74 Å². The zero-order chi connectivity index (χ0) is 40.1. The molecule has 2 unspecified atom stereocenters. The van der Waals surface area contributed by atoms with E-state index in [0.29, 0.717) is 25.9 Å². The van der Waals surface area contributed by atoms with Crippen molar-refractivity contribution in [3.8, 4) is 0 Å². The lowest BCUT2D eigenvalue weighted by Gasteiger charge is -2.22. The summed E-state index contributed by atoms with van der Waals surface area (Å²) < 4.78 is 5.41. The molecule has 0 bridgehead atoms. The van der Waals surface area contributed by atoms with E-state index in [-0.39, 0.29) is 18.5 Å². The van der Waals surface area contributed by atoms with Gasteiger partial charge in [-0.25, -0.2) is 0 Å². The van der Waals surface area contributed by atoms with Crippen LogP contribution < -0.4 is 5.32 Å². The zero-order valence-corrected chi connectivity index (χ0v) is 36.7. The number of unbranched alkanes of at least 4 members (excludes halogenated alkanes) is 29. The van der Waals surface area contributed by atoms with Crippen molar-refractivity contribution >= 4 is 11.9 Å². The molecule has 0 heterocycles. The molecule has 3 N–H and O–H groups in total. The largest absolute Gasteiger partial charge is 0.466 e. The Morgan fingerprint density at radius 1 is 0.491 bits per heavy atom. The minimum Gasteiger partial charge on any atom is -0.466 e. The van der Waals surface area contributed by atoms with Crippen LogP contribution >= 0.6 is 0 Å². The van der Waals surface area contributed by atoms with Gasteiger partial charge in [0.15, 0.2) is 0 Å². The topological polar surface area (TPSA) is 95.9 Å². The molecule has 0 rings (SSSR count). The average molecular weight is 776 g/mol. The van der Waals surface area contributed by atoms with Crippen LogP contribution in [0.1, 0.15) is 251 Å². The third-order valence-corrected chi connectivity index (χ3v) is 11.0. The molecule has 0 aliphatic rings. The standard InChI is InChI=1S/C49H93NO5/c1-3-5-7-9-11-13-15-17-18-19-21-25-29-33-37-41-47(52)46(45-51)50-48(53)42-38-34-30-26-22-20-24-28-32-36-40-44-55-49(54)43-39-35-31-27-23-16-14-12-10-8-6-4-2/h12,14,24,28,46-47,51-52H,3-11,13,15-23,25-27,29-45H2,1-2H3,(H,50,53)/b14-12-,28-24-. The highest BCUT2D eigenvalue weighted by atomic mass is 16.5. The number of allylic oxidation sites excluding steroid dienone is 4. The maximum absolute atomic E-state index is 12.4. The Hall–Kier alpha value is -1.66. The zero-order valence-electron chi connectivity index (χ0n) is 36.7. The summed E-state index contributed by atoms with van der Waals surface area (Å²) in [6, 6.07) is -0.562. The molecule has 0 aliphatic heterocycles. The molecule has 0 radical (unpaired) electrons. The second-order valence-corrected chi connectivity index (χ2v) is 16.4. The van der Waals surface area contributed by atoms with Crippen molar-refractivity contribution in [3.63, 3.8) is 0 Å². The smallest absolute Gasteiger partial charge is 0.305 e. The van der Waals surface area contributed by atoms with Gasteiger partial charge in [0.1, 0.15) is 0 Å². The Morgan fingerprint density at radius 3 is 1.33 bits per heavy atom. The van der Waals surface area contributed by atoms with Crippen LogP contribution in [0, 0.1) is 0 Å². The fourth-order valence-corrected chi connectivity index (χ4v) is 7.21. The van der Waals surface area contributed by atoms with Gasteiger partial charge in [-0.1, -0.05) is 186 Å². The van der Waals surface area contributed by atoms with Gasteiger partial charge in [0.05, 0.1) is 25.4 Å². The molecule has 0 spiro atoms. The summed E-state index contributed by atoms with van der Waals surface area (Å²) in [5, 5.41) is 23.2. The monoisotopic (exact) mass is 776 g/mol. The van der Waals surface area contributed by atoms with Crippen molar-refractivity contribution in [2.24, 2.45) is 0 Å². The van der Waals surface area contributed by atoms with Crippen molar-refractivity contribution in [2.45, 2.75) is 264 Å². The Morgan fingerprint density at radius 2 is 0.855 bits per heavy atom. The van der Waals surface area contributed by atoms with E-state index in [1.54, 1.807) is 0 Å². The minimum atomic E-state index is -0.682. The molecule has 0 saturated carbocycles. The maximum Gasteiger partial charge on any atom is 0.305 e. The van der Waals surface area contributed by atoms with Gasteiger partial charge in [0, 0.05) is 12.8 Å². The lowest BCUT2D eigenvalue weighted by atomic mass is 10.0.